The van der Waals surface area contributed by atoms with Gasteiger partial charge in [-0.25, -0.2) is 4.98 Å². The predicted molar refractivity (Wildman–Crippen MR) is 96.3 cm³/mol. The van der Waals surface area contributed by atoms with E-state index in [0.29, 0.717) is 25.5 Å². The Morgan fingerprint density at radius 2 is 2.08 bits per heavy atom. The molecular weight excluding hydrogens is 332 g/mol. The highest BCUT2D eigenvalue weighted by atomic mass is 16.5. The Hall–Kier alpha value is -2.41. The predicted octanol–water partition coefficient (Wildman–Crippen LogP) is 2.51. The highest BCUT2D eigenvalue weighted by molar-refractivity contribution is 5.97. The van der Waals surface area contributed by atoms with E-state index < -0.39 is 0 Å². The maximum Gasteiger partial charge on any atom is 0.257 e. The van der Waals surface area contributed by atoms with Gasteiger partial charge in [-0.2, -0.15) is 0 Å². The van der Waals surface area contributed by atoms with Crippen LogP contribution >= 0.6 is 0 Å². The quantitative estimate of drug-likeness (QED) is 0.910. The summed E-state index contributed by atoms with van der Waals surface area (Å²) in [5, 5.41) is 3.04. The van der Waals surface area contributed by atoms with E-state index in [2.05, 4.69) is 15.3 Å². The molecule has 1 fully saturated rings. The van der Waals surface area contributed by atoms with Crippen molar-refractivity contribution < 1.29 is 13.9 Å². The van der Waals surface area contributed by atoms with Crippen LogP contribution in [0.2, 0.25) is 0 Å². The van der Waals surface area contributed by atoms with Crippen molar-refractivity contribution in [1.82, 2.24) is 14.9 Å². The van der Waals surface area contributed by atoms with Crippen molar-refractivity contribution in [3.63, 3.8) is 0 Å². The van der Waals surface area contributed by atoms with Crippen molar-refractivity contribution in [2.45, 2.75) is 38.7 Å². The van der Waals surface area contributed by atoms with E-state index in [0.717, 1.165) is 54.0 Å². The van der Waals surface area contributed by atoms with Crippen LogP contribution < -0.4 is 5.32 Å². The van der Waals surface area contributed by atoms with Crippen LogP contribution in [-0.2, 0) is 17.6 Å². The standard InChI is InChI=1S/C19H24N4O3/c1-12-16(13-5-3-4-6-14(13)26-12)19(24)23-9-10-25-15(11-23)17-18(20-2)22-8-7-21-17/h7-8,15H,3-6,9-11H2,1-2H3,(H,20,22)/t15-/m0/s1. The van der Waals surface area contributed by atoms with Crippen LogP contribution in [0.4, 0.5) is 5.82 Å². The number of carbonyl (C=O) groups excluding carboxylic acids is 1. The van der Waals surface area contributed by atoms with E-state index in [4.69, 9.17) is 9.15 Å². The Bertz CT molecular complexity index is 817. The lowest BCUT2D eigenvalue weighted by atomic mass is 9.94. The van der Waals surface area contributed by atoms with Crippen molar-refractivity contribution in [3.8, 4) is 0 Å². The molecule has 3 heterocycles. The molecule has 2 aromatic heterocycles. The smallest absolute Gasteiger partial charge is 0.257 e. The molecule has 0 unspecified atom stereocenters. The highest BCUT2D eigenvalue weighted by Crippen LogP contribution is 2.32. The number of rotatable bonds is 3. The molecule has 138 valence electrons. The Balaban J connectivity index is 1.59. The molecule has 0 saturated carbocycles. The van der Waals surface area contributed by atoms with Crippen LogP contribution in [0.25, 0.3) is 0 Å². The van der Waals surface area contributed by atoms with Crippen molar-refractivity contribution in [2.24, 2.45) is 0 Å². The van der Waals surface area contributed by atoms with Gasteiger partial charge in [0.15, 0.2) is 0 Å². The molecular formula is C19H24N4O3. The lowest BCUT2D eigenvalue weighted by Crippen LogP contribution is -2.43. The zero-order chi connectivity index (χ0) is 18.1. The fraction of sp³-hybridized carbons (Fsp3) is 0.526. The monoisotopic (exact) mass is 356 g/mol. The van der Waals surface area contributed by atoms with E-state index in [-0.39, 0.29) is 12.0 Å². The van der Waals surface area contributed by atoms with Crippen molar-refractivity contribution in [2.75, 3.05) is 32.1 Å². The maximum absolute atomic E-state index is 13.2. The third-order valence-electron chi connectivity index (χ3n) is 5.18. The third-order valence-corrected chi connectivity index (χ3v) is 5.18. The second kappa shape index (κ2) is 7.07. The topological polar surface area (TPSA) is 80.5 Å². The molecule has 26 heavy (non-hydrogen) atoms. The fourth-order valence-electron chi connectivity index (χ4n) is 3.92. The summed E-state index contributed by atoms with van der Waals surface area (Å²) in [7, 11) is 1.81. The SMILES string of the molecule is CNc1nccnc1[C@@H]1CN(C(=O)c2c(C)oc3c2CCCC3)CCO1. The minimum absolute atomic E-state index is 0.0394. The maximum atomic E-state index is 13.2. The molecule has 7 nitrogen and oxygen atoms in total. The largest absolute Gasteiger partial charge is 0.465 e. The van der Waals surface area contributed by atoms with Crippen molar-refractivity contribution >= 4 is 11.7 Å². The summed E-state index contributed by atoms with van der Waals surface area (Å²) in [4.78, 5) is 23.8. The molecule has 1 N–H and O–H groups in total. The first-order valence-electron chi connectivity index (χ1n) is 9.19. The Labute approximate surface area is 152 Å². The molecule has 1 aliphatic carbocycles. The molecule has 0 bridgehead atoms. The molecule has 7 heteroatoms. The fourth-order valence-corrected chi connectivity index (χ4v) is 3.92. The van der Waals surface area contributed by atoms with Gasteiger partial charge in [-0.15, -0.1) is 0 Å². The number of amides is 1. The van der Waals surface area contributed by atoms with Crippen molar-refractivity contribution in [3.05, 3.63) is 40.7 Å². The van der Waals surface area contributed by atoms with E-state index in [1.165, 1.54) is 0 Å². The van der Waals surface area contributed by atoms with Gasteiger partial charge in [-0.1, -0.05) is 0 Å². The second-order valence-corrected chi connectivity index (χ2v) is 6.79. The number of aromatic nitrogens is 2. The molecule has 2 aromatic rings. The third kappa shape index (κ3) is 2.96. The summed E-state index contributed by atoms with van der Waals surface area (Å²) in [6.45, 7) is 3.41. The summed E-state index contributed by atoms with van der Waals surface area (Å²) in [6.07, 6.45) is 7.11. The number of furan rings is 1. The van der Waals surface area contributed by atoms with Crippen LogP contribution in [0.1, 0.15) is 52.1 Å². The lowest BCUT2D eigenvalue weighted by molar-refractivity contribution is -0.0246. The van der Waals surface area contributed by atoms with Crippen LogP contribution in [-0.4, -0.2) is 47.5 Å². The molecule has 1 saturated heterocycles. The molecule has 0 aromatic carbocycles. The van der Waals surface area contributed by atoms with E-state index >= 15 is 0 Å². The van der Waals surface area contributed by atoms with Gasteiger partial charge >= 0.3 is 0 Å². The Kier molecular flexibility index (Phi) is 4.63. The summed E-state index contributed by atoms with van der Waals surface area (Å²) >= 11 is 0. The van der Waals surface area contributed by atoms with Crippen molar-refractivity contribution in [1.29, 1.82) is 0 Å². The molecule has 0 radical (unpaired) electrons. The number of ether oxygens (including phenoxy) is 1. The van der Waals surface area contributed by atoms with Gasteiger partial charge in [-0.05, 0) is 26.2 Å². The van der Waals surface area contributed by atoms with Crippen LogP contribution in [0, 0.1) is 6.92 Å². The van der Waals surface area contributed by atoms with Gasteiger partial charge in [0.05, 0.1) is 18.7 Å². The minimum atomic E-state index is -0.285. The normalized spacial score (nSPS) is 19.9. The van der Waals surface area contributed by atoms with Gasteiger partial charge in [0.25, 0.3) is 5.91 Å². The number of aryl methyl sites for hydroxylation is 2. The zero-order valence-corrected chi connectivity index (χ0v) is 15.2. The van der Waals surface area contributed by atoms with Gasteiger partial charge in [-0.3, -0.25) is 9.78 Å². The van der Waals surface area contributed by atoms with E-state index in [9.17, 15) is 4.79 Å². The molecule has 1 aliphatic heterocycles. The minimum Gasteiger partial charge on any atom is -0.465 e. The number of hydrogen-bond acceptors (Lipinski definition) is 6. The average molecular weight is 356 g/mol. The van der Waals surface area contributed by atoms with Crippen LogP contribution in [0.15, 0.2) is 16.8 Å². The van der Waals surface area contributed by atoms with Crippen LogP contribution in [0.3, 0.4) is 0 Å². The van der Waals surface area contributed by atoms with Gasteiger partial charge < -0.3 is 19.4 Å². The molecule has 1 atom stereocenters. The molecule has 2 aliphatic rings. The summed E-state index contributed by atoms with van der Waals surface area (Å²) in [6, 6.07) is 0. The number of nitrogens with one attached hydrogen (secondary N) is 1. The van der Waals surface area contributed by atoms with Gasteiger partial charge in [0.1, 0.15) is 29.1 Å². The Morgan fingerprint density at radius 3 is 2.92 bits per heavy atom. The second-order valence-electron chi connectivity index (χ2n) is 6.79. The van der Waals surface area contributed by atoms with E-state index in [1.807, 2.05) is 11.8 Å². The molecule has 0 spiro atoms. The number of carbonyl (C=O) groups is 1. The molecule has 4 rings (SSSR count). The first-order chi connectivity index (χ1) is 12.7. The van der Waals surface area contributed by atoms with Crippen LogP contribution in [0.5, 0.6) is 0 Å². The lowest BCUT2D eigenvalue weighted by Gasteiger charge is -2.33. The number of nitrogens with zero attached hydrogens (tertiary/aromatic N) is 3. The number of morpholine rings is 1. The van der Waals surface area contributed by atoms with Gasteiger partial charge in [0.2, 0.25) is 0 Å². The zero-order valence-electron chi connectivity index (χ0n) is 15.2. The summed E-state index contributed by atoms with van der Waals surface area (Å²) in [5.41, 5.74) is 2.60. The first-order valence-corrected chi connectivity index (χ1v) is 9.19. The average Bonchev–Trinajstić information content (AvgIpc) is 3.03. The first kappa shape index (κ1) is 17.0. The number of anilines is 1. The summed E-state index contributed by atoms with van der Waals surface area (Å²) < 4.78 is 11.8. The van der Waals surface area contributed by atoms with E-state index in [1.54, 1.807) is 19.4 Å². The summed E-state index contributed by atoms with van der Waals surface area (Å²) in [5.74, 6) is 2.45. The van der Waals surface area contributed by atoms with Gasteiger partial charge in [0, 0.05) is 38.0 Å². The Morgan fingerprint density at radius 1 is 1.27 bits per heavy atom. The number of hydrogen-bond donors (Lipinski definition) is 1. The molecule has 1 amide bonds. The number of fused-ring (bicyclic) bond motifs is 1. The highest BCUT2D eigenvalue weighted by Gasteiger charge is 2.33.